The van der Waals surface area contributed by atoms with Crippen LogP contribution in [-0.2, 0) is 4.43 Å². The Labute approximate surface area is 78.0 Å². The molecule has 0 aromatic heterocycles. The Morgan fingerprint density at radius 2 is 1.67 bits per heavy atom. The van der Waals surface area contributed by atoms with E-state index in [1.54, 1.807) is 0 Å². The van der Waals surface area contributed by atoms with Gasteiger partial charge in [0, 0.05) is 0 Å². The van der Waals surface area contributed by atoms with Gasteiger partial charge in [-0.05, 0) is 32.0 Å². The van der Waals surface area contributed by atoms with Crippen molar-refractivity contribution >= 4 is 8.32 Å². The van der Waals surface area contributed by atoms with Gasteiger partial charge in [0.2, 0.25) is 8.32 Å². The van der Waals surface area contributed by atoms with E-state index in [9.17, 15) is 0 Å². The molecule has 0 aromatic carbocycles. The Morgan fingerprint density at radius 3 is 1.92 bits per heavy atom. The molecule has 0 heterocycles. The van der Waals surface area contributed by atoms with Gasteiger partial charge >= 0.3 is 0 Å². The number of allylic oxidation sites excluding steroid dienone is 2. The van der Waals surface area contributed by atoms with Crippen molar-refractivity contribution in [2.45, 2.75) is 52.8 Å². The van der Waals surface area contributed by atoms with Gasteiger partial charge in [0.25, 0.3) is 0 Å². The fourth-order valence-electron chi connectivity index (χ4n) is 0.614. The standard InChI is InChI=1S/C10H22OSi/c1-8-9(2)11-12(6,7)10(3,4)5/h8H,1-7H3. The molecule has 0 N–H and O–H groups in total. The summed E-state index contributed by atoms with van der Waals surface area (Å²) in [6, 6.07) is 0. The van der Waals surface area contributed by atoms with E-state index >= 15 is 0 Å². The molecule has 2 heteroatoms. The van der Waals surface area contributed by atoms with Gasteiger partial charge in [0.1, 0.15) is 0 Å². The topological polar surface area (TPSA) is 9.23 Å². The summed E-state index contributed by atoms with van der Waals surface area (Å²) in [5.74, 6) is 1.06. The molecule has 0 fully saturated rings. The van der Waals surface area contributed by atoms with Crippen molar-refractivity contribution in [3.8, 4) is 0 Å². The van der Waals surface area contributed by atoms with Crippen LogP contribution in [0.4, 0.5) is 0 Å². The molecule has 0 aliphatic rings. The quantitative estimate of drug-likeness (QED) is 0.469. The summed E-state index contributed by atoms with van der Waals surface area (Å²) in [6.45, 7) is 15.3. The second-order valence-corrected chi connectivity index (χ2v) is 9.49. The Hall–Kier alpha value is -0.243. The highest BCUT2D eigenvalue weighted by Crippen LogP contribution is 2.37. The maximum atomic E-state index is 5.95. The molecule has 0 unspecified atom stereocenters. The summed E-state index contributed by atoms with van der Waals surface area (Å²) in [5.41, 5.74) is 0. The smallest absolute Gasteiger partial charge is 0.250 e. The molecule has 72 valence electrons. The van der Waals surface area contributed by atoms with Crippen LogP contribution < -0.4 is 0 Å². The molecule has 0 bridgehead atoms. The molecule has 0 atom stereocenters. The van der Waals surface area contributed by atoms with Crippen LogP contribution in [-0.4, -0.2) is 8.32 Å². The zero-order valence-electron chi connectivity index (χ0n) is 9.49. The highest BCUT2D eigenvalue weighted by molar-refractivity contribution is 6.74. The molecule has 0 rings (SSSR count). The van der Waals surface area contributed by atoms with Crippen molar-refractivity contribution in [3.63, 3.8) is 0 Å². The van der Waals surface area contributed by atoms with E-state index in [0.29, 0.717) is 5.04 Å². The summed E-state index contributed by atoms with van der Waals surface area (Å²) in [7, 11) is -1.56. The largest absolute Gasteiger partial charge is 0.547 e. The first-order valence-electron chi connectivity index (χ1n) is 4.52. The molecule has 0 amide bonds. The molecular weight excluding hydrogens is 164 g/mol. The van der Waals surface area contributed by atoms with Crippen LogP contribution in [0.25, 0.3) is 0 Å². The van der Waals surface area contributed by atoms with Crippen LogP contribution in [0.3, 0.4) is 0 Å². The van der Waals surface area contributed by atoms with Crippen molar-refractivity contribution in [2.24, 2.45) is 0 Å². The normalized spacial score (nSPS) is 14.8. The number of hydrogen-bond acceptors (Lipinski definition) is 1. The minimum atomic E-state index is -1.56. The first-order chi connectivity index (χ1) is 5.20. The summed E-state index contributed by atoms with van der Waals surface area (Å²) in [4.78, 5) is 0. The molecule has 0 saturated carbocycles. The molecule has 0 aliphatic heterocycles. The lowest BCUT2D eigenvalue weighted by atomic mass is 10.2. The van der Waals surface area contributed by atoms with Gasteiger partial charge in [-0.3, -0.25) is 0 Å². The molecule has 0 saturated heterocycles. The predicted molar refractivity (Wildman–Crippen MR) is 57.7 cm³/mol. The Balaban J connectivity index is 4.44. The van der Waals surface area contributed by atoms with Crippen LogP contribution in [0.2, 0.25) is 18.1 Å². The maximum absolute atomic E-state index is 5.95. The Morgan fingerprint density at radius 1 is 1.25 bits per heavy atom. The Bertz CT molecular complexity index is 175. The van der Waals surface area contributed by atoms with Crippen LogP contribution >= 0.6 is 0 Å². The molecule has 0 aromatic rings. The van der Waals surface area contributed by atoms with Crippen molar-refractivity contribution in [1.29, 1.82) is 0 Å². The zero-order chi connectivity index (χ0) is 9.99. The van der Waals surface area contributed by atoms with Crippen LogP contribution in [0.15, 0.2) is 11.8 Å². The highest BCUT2D eigenvalue weighted by atomic mass is 28.4. The third kappa shape index (κ3) is 3.01. The highest BCUT2D eigenvalue weighted by Gasteiger charge is 2.38. The van der Waals surface area contributed by atoms with Gasteiger partial charge in [0.15, 0.2) is 0 Å². The zero-order valence-corrected chi connectivity index (χ0v) is 10.5. The summed E-state index contributed by atoms with van der Waals surface area (Å²) in [5, 5.41) is 0.303. The SMILES string of the molecule is CC=C(C)O[Si](C)(C)C(C)(C)C. The summed E-state index contributed by atoms with van der Waals surface area (Å²) >= 11 is 0. The minimum Gasteiger partial charge on any atom is -0.547 e. The molecule has 0 spiro atoms. The second-order valence-electron chi connectivity index (χ2n) is 4.76. The van der Waals surface area contributed by atoms with E-state index in [1.165, 1.54) is 0 Å². The van der Waals surface area contributed by atoms with E-state index in [0.717, 1.165) is 5.76 Å². The third-order valence-corrected chi connectivity index (χ3v) is 7.07. The summed E-state index contributed by atoms with van der Waals surface area (Å²) in [6.07, 6.45) is 2.03. The lowest BCUT2D eigenvalue weighted by molar-refractivity contribution is 0.385. The van der Waals surface area contributed by atoms with Crippen LogP contribution in [0, 0.1) is 0 Å². The fourth-order valence-corrected chi connectivity index (χ4v) is 1.84. The van der Waals surface area contributed by atoms with Crippen molar-refractivity contribution in [3.05, 3.63) is 11.8 Å². The third-order valence-electron chi connectivity index (χ3n) is 2.63. The minimum absolute atomic E-state index is 0.303. The van der Waals surface area contributed by atoms with Gasteiger partial charge in [0.05, 0.1) is 5.76 Å². The van der Waals surface area contributed by atoms with E-state index in [1.807, 2.05) is 19.9 Å². The molecule has 12 heavy (non-hydrogen) atoms. The molecule has 0 aliphatic carbocycles. The maximum Gasteiger partial charge on any atom is 0.250 e. The van der Waals surface area contributed by atoms with Gasteiger partial charge in [-0.25, -0.2) is 0 Å². The van der Waals surface area contributed by atoms with E-state index < -0.39 is 8.32 Å². The Kier molecular flexibility index (Phi) is 3.57. The lowest BCUT2D eigenvalue weighted by Crippen LogP contribution is -2.40. The van der Waals surface area contributed by atoms with E-state index in [-0.39, 0.29) is 0 Å². The number of hydrogen-bond donors (Lipinski definition) is 0. The van der Waals surface area contributed by atoms with Gasteiger partial charge < -0.3 is 4.43 Å². The van der Waals surface area contributed by atoms with E-state index in [4.69, 9.17) is 4.43 Å². The van der Waals surface area contributed by atoms with E-state index in [2.05, 4.69) is 33.9 Å². The van der Waals surface area contributed by atoms with Crippen molar-refractivity contribution in [2.75, 3.05) is 0 Å². The summed E-state index contributed by atoms with van der Waals surface area (Å²) < 4.78 is 5.95. The monoisotopic (exact) mass is 186 g/mol. The average molecular weight is 186 g/mol. The van der Waals surface area contributed by atoms with Crippen LogP contribution in [0.5, 0.6) is 0 Å². The fraction of sp³-hybridized carbons (Fsp3) is 0.800. The average Bonchev–Trinajstić information content (AvgIpc) is 1.84. The number of rotatable bonds is 2. The van der Waals surface area contributed by atoms with Crippen LogP contribution in [0.1, 0.15) is 34.6 Å². The van der Waals surface area contributed by atoms with Crippen molar-refractivity contribution in [1.82, 2.24) is 0 Å². The first kappa shape index (κ1) is 11.8. The molecule has 1 nitrogen and oxygen atoms in total. The first-order valence-corrected chi connectivity index (χ1v) is 7.43. The molecular formula is C10H22OSi. The predicted octanol–water partition coefficient (Wildman–Crippen LogP) is 3.93. The molecule has 0 radical (unpaired) electrons. The van der Waals surface area contributed by atoms with Gasteiger partial charge in [-0.15, -0.1) is 0 Å². The van der Waals surface area contributed by atoms with Gasteiger partial charge in [-0.2, -0.15) is 0 Å². The lowest BCUT2D eigenvalue weighted by Gasteiger charge is -2.36. The van der Waals surface area contributed by atoms with Gasteiger partial charge in [-0.1, -0.05) is 26.8 Å². The van der Waals surface area contributed by atoms with Crippen molar-refractivity contribution < 1.29 is 4.43 Å². The second kappa shape index (κ2) is 3.65.